The molecule has 0 bridgehead atoms. The van der Waals surface area contributed by atoms with Gasteiger partial charge in [-0.25, -0.2) is 4.79 Å². The quantitative estimate of drug-likeness (QED) is 0.183. The van der Waals surface area contributed by atoms with Crippen LogP contribution in [0.5, 0.6) is 23.0 Å². The molecule has 1 heterocycles. The number of halogens is 4. The summed E-state index contributed by atoms with van der Waals surface area (Å²) < 4.78 is 62.7. The number of carbonyl (C=O) groups is 1. The highest BCUT2D eigenvalue weighted by atomic mass is 35.5. The van der Waals surface area contributed by atoms with Gasteiger partial charge in [-0.15, -0.1) is 0 Å². The van der Waals surface area contributed by atoms with Crippen LogP contribution >= 0.6 is 11.6 Å². The number of carbonyl (C=O) groups excluding carboxylic acids is 1. The fraction of sp³-hybridized carbons (Fsp3) is 0.185. The van der Waals surface area contributed by atoms with E-state index in [0.29, 0.717) is 16.3 Å². The number of hydrogen-bond acceptors (Lipinski definition) is 6. The van der Waals surface area contributed by atoms with Gasteiger partial charge in [-0.1, -0.05) is 43.6 Å². The van der Waals surface area contributed by atoms with Crippen LogP contribution in [0.1, 0.15) is 31.1 Å². The van der Waals surface area contributed by atoms with Crippen molar-refractivity contribution in [1.82, 2.24) is 0 Å². The normalized spacial score (nSPS) is 11.5. The molecule has 192 valence electrons. The minimum Gasteiger partial charge on any atom is -0.482 e. The van der Waals surface area contributed by atoms with Crippen molar-refractivity contribution in [3.05, 3.63) is 93.3 Å². The first-order valence-corrected chi connectivity index (χ1v) is 11.4. The number of alkyl halides is 3. The van der Waals surface area contributed by atoms with E-state index in [1.54, 1.807) is 42.5 Å². The first-order chi connectivity index (χ1) is 17.5. The molecule has 10 heteroatoms. The number of esters is 1. The second kappa shape index (κ2) is 10.6. The zero-order valence-corrected chi connectivity index (χ0v) is 20.4. The lowest BCUT2D eigenvalue weighted by atomic mass is 10.0. The Morgan fingerprint density at radius 2 is 1.68 bits per heavy atom. The molecule has 0 radical (unpaired) electrons. The molecule has 0 spiro atoms. The third-order valence-electron chi connectivity index (χ3n) is 5.23. The first-order valence-electron chi connectivity index (χ1n) is 11.1. The van der Waals surface area contributed by atoms with Crippen molar-refractivity contribution in [2.24, 2.45) is 0 Å². The van der Waals surface area contributed by atoms with E-state index in [9.17, 15) is 22.8 Å². The summed E-state index contributed by atoms with van der Waals surface area (Å²) in [4.78, 5) is 25.2. The largest absolute Gasteiger partial charge is 0.482 e. The molecule has 4 rings (SSSR count). The lowest BCUT2D eigenvalue weighted by Gasteiger charge is -2.16. The van der Waals surface area contributed by atoms with Gasteiger partial charge in [-0.3, -0.25) is 4.79 Å². The molecular formula is C27H20ClF3O6. The summed E-state index contributed by atoms with van der Waals surface area (Å²) in [5.74, 6) is -3.12. The number of benzene rings is 3. The summed E-state index contributed by atoms with van der Waals surface area (Å²) in [6.07, 6.45) is -5.03. The molecule has 0 amide bonds. The van der Waals surface area contributed by atoms with Crippen LogP contribution in [-0.2, 0) is 11.0 Å². The van der Waals surface area contributed by atoms with E-state index >= 15 is 0 Å². The van der Waals surface area contributed by atoms with Crippen molar-refractivity contribution in [3.8, 4) is 23.0 Å². The second-order valence-electron chi connectivity index (χ2n) is 8.26. The highest BCUT2D eigenvalue weighted by molar-refractivity contribution is 6.30. The second-order valence-corrected chi connectivity index (χ2v) is 8.69. The van der Waals surface area contributed by atoms with E-state index in [1.807, 2.05) is 13.8 Å². The van der Waals surface area contributed by atoms with Crippen molar-refractivity contribution < 1.29 is 36.6 Å². The topological polar surface area (TPSA) is 75.0 Å². The van der Waals surface area contributed by atoms with Crippen LogP contribution in [0.3, 0.4) is 0 Å². The molecule has 1 aromatic heterocycles. The highest BCUT2D eigenvalue weighted by Crippen LogP contribution is 2.40. The van der Waals surface area contributed by atoms with E-state index in [2.05, 4.69) is 0 Å². The Morgan fingerprint density at radius 3 is 2.35 bits per heavy atom. The molecular weight excluding hydrogens is 513 g/mol. The Hall–Kier alpha value is -3.98. The Labute approximate surface area is 214 Å². The lowest BCUT2D eigenvalue weighted by molar-refractivity contribution is -0.154. The highest BCUT2D eigenvalue weighted by Gasteiger charge is 2.40. The zero-order chi connectivity index (χ0) is 26.7. The number of hydrogen-bond donors (Lipinski definition) is 0. The fourth-order valence-electron chi connectivity index (χ4n) is 3.49. The van der Waals surface area contributed by atoms with Crippen LogP contribution < -0.4 is 19.6 Å². The number of para-hydroxylation sites is 1. The maximum atomic E-state index is 13.9. The van der Waals surface area contributed by atoms with Gasteiger partial charge >= 0.3 is 12.1 Å². The van der Waals surface area contributed by atoms with Gasteiger partial charge in [0.25, 0.3) is 5.76 Å². The number of rotatable bonds is 7. The van der Waals surface area contributed by atoms with Crippen molar-refractivity contribution in [2.45, 2.75) is 25.9 Å². The summed E-state index contributed by atoms with van der Waals surface area (Å²) in [5, 5.41) is 0.311. The predicted octanol–water partition coefficient (Wildman–Crippen LogP) is 7.37. The Morgan fingerprint density at radius 1 is 1.00 bits per heavy atom. The molecule has 0 aliphatic rings. The van der Waals surface area contributed by atoms with E-state index in [4.69, 9.17) is 30.2 Å². The minimum atomic E-state index is -5.03. The molecule has 0 aliphatic heterocycles. The monoisotopic (exact) mass is 532 g/mol. The maximum absolute atomic E-state index is 13.9. The summed E-state index contributed by atoms with van der Waals surface area (Å²) in [6, 6.07) is 16.2. The number of ether oxygens (including phenoxy) is 3. The van der Waals surface area contributed by atoms with Gasteiger partial charge in [-0.2, -0.15) is 13.2 Å². The summed E-state index contributed by atoms with van der Waals surface area (Å²) in [5.41, 5.74) is -0.819. The van der Waals surface area contributed by atoms with E-state index in [0.717, 1.165) is 6.07 Å². The van der Waals surface area contributed by atoms with E-state index < -0.39 is 41.3 Å². The predicted molar refractivity (Wildman–Crippen MR) is 131 cm³/mol. The van der Waals surface area contributed by atoms with Crippen LogP contribution in [0, 0.1) is 0 Å². The van der Waals surface area contributed by atoms with Crippen molar-refractivity contribution >= 4 is 28.5 Å². The molecule has 0 saturated carbocycles. The molecule has 0 N–H and O–H groups in total. The van der Waals surface area contributed by atoms with Gasteiger partial charge < -0.3 is 18.6 Å². The van der Waals surface area contributed by atoms with Crippen LogP contribution in [-0.4, -0.2) is 12.6 Å². The molecule has 0 fully saturated rings. The Balaban J connectivity index is 1.64. The summed E-state index contributed by atoms with van der Waals surface area (Å²) in [6.45, 7) is 3.22. The average molecular weight is 533 g/mol. The molecule has 6 nitrogen and oxygen atoms in total. The van der Waals surface area contributed by atoms with Gasteiger partial charge in [0.2, 0.25) is 11.2 Å². The molecule has 37 heavy (non-hydrogen) atoms. The standard InChI is InChI=1S/C27H20ClF3O6/c1-15(2)19-5-3-4-6-21(19)36-25-24(33)20-12-11-18(13-22(20)37-26(25)27(29,30)31)35-23(32)14-34-17-9-7-16(28)8-10-17/h3-13,15H,14H2,1-2H3. The smallest absolute Gasteiger partial charge is 0.453 e. The minimum absolute atomic E-state index is 0.0704. The Bertz CT molecular complexity index is 1490. The summed E-state index contributed by atoms with van der Waals surface area (Å²) in [7, 11) is 0. The SMILES string of the molecule is CC(C)c1ccccc1Oc1c(C(F)(F)F)oc2cc(OC(=O)COc3ccc(Cl)cc3)ccc2c1=O. The van der Waals surface area contributed by atoms with Gasteiger partial charge in [0, 0.05) is 11.1 Å². The van der Waals surface area contributed by atoms with Crippen molar-refractivity contribution in [2.75, 3.05) is 6.61 Å². The first kappa shape index (κ1) is 26.1. The molecule has 0 saturated heterocycles. The van der Waals surface area contributed by atoms with Gasteiger partial charge in [0.1, 0.15) is 22.8 Å². The lowest BCUT2D eigenvalue weighted by Crippen LogP contribution is -2.18. The number of fused-ring (bicyclic) bond motifs is 1. The van der Waals surface area contributed by atoms with Crippen molar-refractivity contribution in [3.63, 3.8) is 0 Å². The van der Waals surface area contributed by atoms with E-state index in [1.165, 1.54) is 18.2 Å². The fourth-order valence-corrected chi connectivity index (χ4v) is 3.62. The average Bonchev–Trinajstić information content (AvgIpc) is 2.84. The summed E-state index contributed by atoms with van der Waals surface area (Å²) >= 11 is 5.79. The van der Waals surface area contributed by atoms with E-state index in [-0.39, 0.29) is 22.8 Å². The van der Waals surface area contributed by atoms with Crippen molar-refractivity contribution in [1.29, 1.82) is 0 Å². The third-order valence-corrected chi connectivity index (χ3v) is 5.49. The zero-order valence-electron chi connectivity index (χ0n) is 19.6. The third kappa shape index (κ3) is 6.06. The van der Waals surface area contributed by atoms with Crippen LogP contribution in [0.2, 0.25) is 5.02 Å². The van der Waals surface area contributed by atoms with Crippen LogP contribution in [0.15, 0.2) is 75.9 Å². The van der Waals surface area contributed by atoms with Crippen LogP contribution in [0.25, 0.3) is 11.0 Å². The van der Waals surface area contributed by atoms with Gasteiger partial charge in [0.15, 0.2) is 6.61 Å². The Kier molecular flexibility index (Phi) is 7.45. The molecule has 0 atom stereocenters. The van der Waals surface area contributed by atoms with Crippen LogP contribution in [0.4, 0.5) is 13.2 Å². The van der Waals surface area contributed by atoms with Gasteiger partial charge in [0.05, 0.1) is 5.39 Å². The molecule has 0 unspecified atom stereocenters. The maximum Gasteiger partial charge on any atom is 0.453 e. The molecule has 3 aromatic carbocycles. The molecule has 4 aromatic rings. The van der Waals surface area contributed by atoms with Gasteiger partial charge in [-0.05, 0) is 53.9 Å². The molecule has 0 aliphatic carbocycles.